The van der Waals surface area contributed by atoms with Crippen molar-refractivity contribution < 1.29 is 45.3 Å². The highest BCUT2D eigenvalue weighted by Gasteiger charge is 2.31. The second-order valence-corrected chi connectivity index (χ2v) is 8.15. The number of benzene rings is 2. The fraction of sp³-hybridized carbons (Fsp3) is 0.316. The first-order chi connectivity index (χ1) is 15.1. The van der Waals surface area contributed by atoms with Crippen LogP contribution in [0, 0.1) is 0 Å². The van der Waals surface area contributed by atoms with Gasteiger partial charge in [-0.05, 0) is 36.4 Å². The Hall–Kier alpha value is -3.19. The summed E-state index contributed by atoms with van der Waals surface area (Å²) < 4.78 is 82.6. The summed E-state index contributed by atoms with van der Waals surface area (Å²) in [6, 6.07) is 8.78. The number of halogens is 3. The lowest BCUT2D eigenvalue weighted by molar-refractivity contribution is -0.274. The van der Waals surface area contributed by atoms with Gasteiger partial charge < -0.3 is 24.3 Å². The van der Waals surface area contributed by atoms with E-state index in [9.17, 15) is 26.4 Å². The number of hydrogen-bond acceptors (Lipinski definition) is 7. The summed E-state index contributed by atoms with van der Waals surface area (Å²) in [5.74, 6) is 0.789. The number of carbonyl (C=O) groups excluding carboxylic acids is 1. The van der Waals surface area contributed by atoms with Gasteiger partial charge in [0.2, 0.25) is 22.7 Å². The third-order valence-electron chi connectivity index (χ3n) is 4.05. The molecule has 2 aromatic carbocycles. The van der Waals surface area contributed by atoms with E-state index in [0.29, 0.717) is 17.2 Å². The van der Waals surface area contributed by atoms with Gasteiger partial charge in [-0.3, -0.25) is 4.79 Å². The lowest BCUT2D eigenvalue weighted by Gasteiger charge is -2.10. The molecule has 32 heavy (non-hydrogen) atoms. The maximum absolute atomic E-state index is 12.2. The summed E-state index contributed by atoms with van der Waals surface area (Å²) in [4.78, 5) is 11.6. The van der Waals surface area contributed by atoms with Crippen LogP contribution in [0.25, 0.3) is 0 Å². The largest absolute Gasteiger partial charge is 0.573 e. The minimum absolute atomic E-state index is 0.140. The molecule has 9 nitrogen and oxygen atoms in total. The predicted molar refractivity (Wildman–Crippen MR) is 104 cm³/mol. The Morgan fingerprint density at radius 1 is 1.00 bits per heavy atom. The molecule has 0 saturated heterocycles. The van der Waals surface area contributed by atoms with Gasteiger partial charge in [0.25, 0.3) is 0 Å². The lowest BCUT2D eigenvalue weighted by Crippen LogP contribution is -2.32. The fourth-order valence-electron chi connectivity index (χ4n) is 2.62. The number of rotatable bonds is 10. The highest BCUT2D eigenvalue weighted by Crippen LogP contribution is 2.35. The average molecular weight is 476 g/mol. The van der Waals surface area contributed by atoms with Crippen LogP contribution in [0.3, 0.4) is 0 Å². The Balaban J connectivity index is 1.35. The molecule has 1 aliphatic heterocycles. The highest BCUT2D eigenvalue weighted by molar-refractivity contribution is 7.89. The van der Waals surface area contributed by atoms with Crippen LogP contribution in [0.1, 0.15) is 6.42 Å². The monoisotopic (exact) mass is 476 g/mol. The quantitative estimate of drug-likeness (QED) is 0.506. The number of ether oxygens (including phenoxy) is 4. The van der Waals surface area contributed by atoms with E-state index in [-0.39, 0.29) is 37.8 Å². The SMILES string of the molecule is O=C(CCNS(=O)(=O)c1ccc(OC(F)(F)F)cc1)NCCOc1ccc2c(c1)OCO2. The van der Waals surface area contributed by atoms with E-state index < -0.39 is 28.0 Å². The standard InChI is InChI=1S/C19H19F3N2O7S/c20-19(21,22)31-13-1-4-15(5-2-13)32(26,27)24-8-7-18(25)23-9-10-28-14-3-6-16-17(11-14)30-12-29-16/h1-6,11,24H,7-10,12H2,(H,23,25). The van der Waals surface area contributed by atoms with Crippen molar-refractivity contribution in [3.8, 4) is 23.0 Å². The first-order valence-electron chi connectivity index (χ1n) is 9.27. The van der Waals surface area contributed by atoms with Crippen LogP contribution >= 0.6 is 0 Å². The van der Waals surface area contributed by atoms with Crippen molar-refractivity contribution in [2.45, 2.75) is 17.7 Å². The van der Waals surface area contributed by atoms with E-state index in [0.717, 1.165) is 24.3 Å². The molecule has 0 atom stereocenters. The van der Waals surface area contributed by atoms with Gasteiger partial charge in [0.1, 0.15) is 18.1 Å². The summed E-state index contributed by atoms with van der Waals surface area (Å²) in [5, 5.41) is 2.58. The number of hydrogen-bond donors (Lipinski definition) is 2. The molecule has 1 amide bonds. The van der Waals surface area contributed by atoms with Crippen LogP contribution in [0.4, 0.5) is 13.2 Å². The van der Waals surface area contributed by atoms with Crippen molar-refractivity contribution in [1.29, 1.82) is 0 Å². The molecule has 2 N–H and O–H groups in total. The Kier molecular flexibility index (Phi) is 7.30. The smallest absolute Gasteiger partial charge is 0.492 e. The van der Waals surface area contributed by atoms with Crippen LogP contribution in [-0.2, 0) is 14.8 Å². The van der Waals surface area contributed by atoms with E-state index >= 15 is 0 Å². The van der Waals surface area contributed by atoms with Crippen molar-refractivity contribution in [2.24, 2.45) is 0 Å². The van der Waals surface area contributed by atoms with E-state index in [1.54, 1.807) is 18.2 Å². The number of nitrogens with one attached hydrogen (secondary N) is 2. The maximum Gasteiger partial charge on any atom is 0.573 e. The maximum atomic E-state index is 12.2. The van der Waals surface area contributed by atoms with Gasteiger partial charge in [-0.2, -0.15) is 0 Å². The number of alkyl halides is 3. The van der Waals surface area contributed by atoms with Crippen molar-refractivity contribution >= 4 is 15.9 Å². The van der Waals surface area contributed by atoms with Crippen molar-refractivity contribution in [1.82, 2.24) is 10.0 Å². The molecule has 0 unspecified atom stereocenters. The van der Waals surface area contributed by atoms with E-state index in [1.807, 2.05) is 0 Å². The van der Waals surface area contributed by atoms with Crippen molar-refractivity contribution in [3.63, 3.8) is 0 Å². The zero-order valence-electron chi connectivity index (χ0n) is 16.5. The topological polar surface area (TPSA) is 112 Å². The van der Waals surface area contributed by atoms with Gasteiger partial charge in [0.05, 0.1) is 11.4 Å². The molecule has 1 heterocycles. The summed E-state index contributed by atoms with van der Waals surface area (Å²) in [6.07, 6.45) is -5.01. The van der Waals surface area contributed by atoms with Gasteiger partial charge in [0, 0.05) is 19.0 Å². The summed E-state index contributed by atoms with van der Waals surface area (Å²) in [6.45, 7) is 0.332. The molecule has 0 aliphatic carbocycles. The molecular weight excluding hydrogens is 457 g/mol. The molecule has 2 aromatic rings. The number of carbonyl (C=O) groups is 1. The Morgan fingerprint density at radius 3 is 2.41 bits per heavy atom. The molecule has 0 spiro atoms. The van der Waals surface area contributed by atoms with E-state index in [1.165, 1.54) is 0 Å². The Morgan fingerprint density at radius 2 is 1.69 bits per heavy atom. The number of fused-ring (bicyclic) bond motifs is 1. The molecule has 0 aromatic heterocycles. The van der Waals surface area contributed by atoms with Crippen LogP contribution in [0.15, 0.2) is 47.4 Å². The molecule has 1 aliphatic rings. The highest BCUT2D eigenvalue weighted by atomic mass is 32.2. The Bertz CT molecular complexity index is 1040. The van der Waals surface area contributed by atoms with Gasteiger partial charge in [0.15, 0.2) is 11.5 Å². The fourth-order valence-corrected chi connectivity index (χ4v) is 3.65. The van der Waals surface area contributed by atoms with Crippen LogP contribution in [0.2, 0.25) is 0 Å². The Labute approximate surface area is 181 Å². The van der Waals surface area contributed by atoms with Crippen LogP contribution < -0.4 is 29.0 Å². The minimum atomic E-state index is -4.87. The molecule has 13 heteroatoms. The molecule has 3 rings (SSSR count). The zero-order valence-corrected chi connectivity index (χ0v) is 17.3. The first-order valence-corrected chi connectivity index (χ1v) is 10.8. The molecule has 0 radical (unpaired) electrons. The third kappa shape index (κ3) is 6.92. The summed E-state index contributed by atoms with van der Waals surface area (Å²) >= 11 is 0. The normalized spacial score (nSPS) is 13.0. The molecular formula is C19H19F3N2O7S. The van der Waals surface area contributed by atoms with Crippen LogP contribution in [-0.4, -0.2) is 47.2 Å². The van der Waals surface area contributed by atoms with E-state index in [2.05, 4.69) is 14.8 Å². The number of sulfonamides is 1. The van der Waals surface area contributed by atoms with Crippen molar-refractivity contribution in [3.05, 3.63) is 42.5 Å². The summed E-state index contributed by atoms with van der Waals surface area (Å²) in [7, 11) is -4.00. The second kappa shape index (κ2) is 9.96. The second-order valence-electron chi connectivity index (χ2n) is 6.38. The molecule has 0 saturated carbocycles. The van der Waals surface area contributed by atoms with E-state index in [4.69, 9.17) is 14.2 Å². The molecule has 0 bridgehead atoms. The van der Waals surface area contributed by atoms with Crippen molar-refractivity contribution in [2.75, 3.05) is 26.5 Å². The van der Waals surface area contributed by atoms with Gasteiger partial charge in [-0.25, -0.2) is 13.1 Å². The lowest BCUT2D eigenvalue weighted by atomic mass is 10.3. The zero-order chi connectivity index (χ0) is 23.2. The van der Waals surface area contributed by atoms with Crippen LogP contribution in [0.5, 0.6) is 23.0 Å². The van der Waals surface area contributed by atoms with Gasteiger partial charge in [-0.15, -0.1) is 13.2 Å². The minimum Gasteiger partial charge on any atom is -0.492 e. The van der Waals surface area contributed by atoms with Gasteiger partial charge >= 0.3 is 6.36 Å². The number of amides is 1. The summed E-state index contributed by atoms with van der Waals surface area (Å²) in [5.41, 5.74) is 0. The third-order valence-corrected chi connectivity index (χ3v) is 5.53. The average Bonchev–Trinajstić information content (AvgIpc) is 3.18. The first kappa shape index (κ1) is 23.5. The molecule has 0 fully saturated rings. The predicted octanol–water partition coefficient (Wildman–Crippen LogP) is 2.18. The molecule has 174 valence electrons. The van der Waals surface area contributed by atoms with Gasteiger partial charge in [-0.1, -0.05) is 0 Å².